The summed E-state index contributed by atoms with van der Waals surface area (Å²) in [4.78, 5) is 8.89. The number of aliphatic hydroxyl groups is 2. The van der Waals surface area contributed by atoms with Crippen LogP contribution in [0.25, 0.3) is 0 Å². The zero-order valence-electron chi connectivity index (χ0n) is 10.3. The van der Waals surface area contributed by atoms with Crippen LogP contribution in [0.3, 0.4) is 0 Å². The molecule has 0 saturated heterocycles. The topological polar surface area (TPSA) is 80.6 Å². The van der Waals surface area contributed by atoms with Crippen LogP contribution in [0.1, 0.15) is 46.5 Å². The van der Waals surface area contributed by atoms with Gasteiger partial charge in [-0.2, -0.15) is 0 Å². The normalized spacial score (nSPS) is 21.4. The summed E-state index contributed by atoms with van der Waals surface area (Å²) in [5, 5.41) is 28.0. The van der Waals surface area contributed by atoms with Crippen LogP contribution in [0.15, 0.2) is 0 Å². The number of carbonyl (C=O) groups is 1. The molecule has 16 heavy (non-hydrogen) atoms. The Kier molecular flexibility index (Phi) is 9.83. The van der Waals surface area contributed by atoms with E-state index in [9.17, 15) is 10.2 Å². The van der Waals surface area contributed by atoms with E-state index in [1.807, 2.05) is 0 Å². The number of carboxylic acids is 1. The summed E-state index contributed by atoms with van der Waals surface area (Å²) in [5.41, 5.74) is -0.792. The van der Waals surface area contributed by atoms with Gasteiger partial charge in [-0.15, -0.1) is 0 Å². The average Bonchev–Trinajstić information content (AvgIpc) is 2.01. The summed E-state index contributed by atoms with van der Waals surface area (Å²) in [5.74, 6) is -0.177. The average molecular weight is 417 g/mol. The Hall–Kier alpha value is 0.325. The SMILES string of the molecule is CC(=O)[O-].CC(C)(O)[C]1CCCC[C@@H]1O.[Hg+]. The van der Waals surface area contributed by atoms with Crippen molar-refractivity contribution in [2.75, 3.05) is 0 Å². The van der Waals surface area contributed by atoms with Crippen LogP contribution in [0, 0.1) is 5.92 Å². The molecule has 2 N–H and O–H groups in total. The van der Waals surface area contributed by atoms with Crippen molar-refractivity contribution < 1.29 is 47.8 Å². The van der Waals surface area contributed by atoms with Gasteiger partial charge in [-0.3, -0.25) is 0 Å². The number of hydrogen-bond donors (Lipinski definition) is 2. The summed E-state index contributed by atoms with van der Waals surface area (Å²) >= 11 is 0. The van der Waals surface area contributed by atoms with Crippen molar-refractivity contribution in [1.82, 2.24) is 0 Å². The molecule has 90 valence electrons. The van der Waals surface area contributed by atoms with E-state index < -0.39 is 11.6 Å². The van der Waals surface area contributed by atoms with Gasteiger partial charge in [0.15, 0.2) is 0 Å². The maximum absolute atomic E-state index is 9.62. The van der Waals surface area contributed by atoms with Crippen molar-refractivity contribution >= 4 is 5.97 Å². The molecule has 1 aliphatic rings. The Morgan fingerprint density at radius 2 is 1.88 bits per heavy atom. The van der Waals surface area contributed by atoms with Crippen LogP contribution in [-0.4, -0.2) is 27.9 Å². The molecule has 1 saturated carbocycles. The van der Waals surface area contributed by atoms with Gasteiger partial charge < -0.3 is 20.1 Å². The van der Waals surface area contributed by atoms with Gasteiger partial charge in [0.2, 0.25) is 0 Å². The zero-order chi connectivity index (χ0) is 12.1. The van der Waals surface area contributed by atoms with Gasteiger partial charge in [-0.05, 0) is 33.6 Å². The summed E-state index contributed by atoms with van der Waals surface area (Å²) in [6.45, 7) is 4.47. The predicted octanol–water partition coefficient (Wildman–Crippen LogP) is 0.0204. The molecule has 1 fully saturated rings. The maximum atomic E-state index is 9.62. The Balaban J connectivity index is 0. The first kappa shape index (κ1) is 18.7. The van der Waals surface area contributed by atoms with E-state index in [1.54, 1.807) is 13.8 Å². The number of hydrogen-bond acceptors (Lipinski definition) is 4. The third-order valence-electron chi connectivity index (χ3n) is 2.36. The second-order valence-corrected chi connectivity index (χ2v) is 4.34. The molecular weight excluding hydrogens is 397 g/mol. The fraction of sp³-hybridized carbons (Fsp3) is 0.818. The van der Waals surface area contributed by atoms with Crippen molar-refractivity contribution in [3.05, 3.63) is 5.92 Å². The third kappa shape index (κ3) is 8.47. The van der Waals surface area contributed by atoms with Gasteiger partial charge in [0.05, 0.1) is 11.7 Å². The second-order valence-electron chi connectivity index (χ2n) is 4.34. The summed E-state index contributed by atoms with van der Waals surface area (Å²) in [6.07, 6.45) is 3.52. The molecule has 0 bridgehead atoms. The van der Waals surface area contributed by atoms with Gasteiger partial charge in [-0.1, -0.05) is 12.8 Å². The Bertz CT molecular complexity index is 197. The third-order valence-corrected chi connectivity index (χ3v) is 2.36. The van der Waals surface area contributed by atoms with Crippen LogP contribution >= 0.6 is 0 Å². The van der Waals surface area contributed by atoms with Crippen LogP contribution in [0.4, 0.5) is 0 Å². The van der Waals surface area contributed by atoms with Crippen molar-refractivity contribution in [2.45, 2.75) is 58.2 Å². The van der Waals surface area contributed by atoms with Gasteiger partial charge >= 0.3 is 27.7 Å². The molecule has 5 heteroatoms. The zero-order valence-corrected chi connectivity index (χ0v) is 15.8. The molecule has 0 amide bonds. The van der Waals surface area contributed by atoms with Gasteiger partial charge in [0, 0.05) is 11.9 Å². The van der Waals surface area contributed by atoms with E-state index in [0.29, 0.717) is 0 Å². The van der Waals surface area contributed by atoms with Crippen molar-refractivity contribution in [2.24, 2.45) is 0 Å². The van der Waals surface area contributed by atoms with Crippen molar-refractivity contribution in [3.63, 3.8) is 0 Å². The van der Waals surface area contributed by atoms with E-state index in [2.05, 4.69) is 0 Å². The van der Waals surface area contributed by atoms with Crippen LogP contribution in [-0.2, 0) is 32.5 Å². The number of carboxylic acid groups (broad SMARTS) is 1. The van der Waals surface area contributed by atoms with Gasteiger partial charge in [0.25, 0.3) is 0 Å². The van der Waals surface area contributed by atoms with Crippen LogP contribution in [0.5, 0.6) is 0 Å². The van der Waals surface area contributed by atoms with E-state index in [-0.39, 0.29) is 33.8 Å². The molecule has 0 aliphatic heterocycles. The Morgan fingerprint density at radius 1 is 1.44 bits per heavy atom. The van der Waals surface area contributed by atoms with Gasteiger partial charge in [0.1, 0.15) is 0 Å². The number of aliphatic carboxylic acids is 1. The quantitative estimate of drug-likeness (QED) is 0.591. The van der Waals surface area contributed by atoms with Crippen LogP contribution in [0.2, 0.25) is 0 Å². The van der Waals surface area contributed by atoms with Crippen molar-refractivity contribution in [1.29, 1.82) is 0 Å². The molecule has 0 aromatic rings. The minimum Gasteiger partial charge on any atom is -0.550 e. The second kappa shape index (κ2) is 8.42. The minimum atomic E-state index is -1.08. The van der Waals surface area contributed by atoms with E-state index in [1.165, 1.54) is 0 Å². The van der Waals surface area contributed by atoms with E-state index >= 15 is 0 Å². The largest absolute Gasteiger partial charge is 1.00 e. The molecule has 2 radical (unpaired) electrons. The molecule has 0 aromatic heterocycles. The van der Waals surface area contributed by atoms with E-state index in [4.69, 9.17) is 9.90 Å². The summed E-state index contributed by atoms with van der Waals surface area (Å²) in [6, 6.07) is 0. The number of rotatable bonds is 1. The minimum absolute atomic E-state index is 0. The number of carbonyl (C=O) groups excluding carboxylic acids is 1. The molecule has 0 unspecified atom stereocenters. The molecule has 0 aromatic carbocycles. The molecule has 1 rings (SSSR count). The molecule has 1 atom stereocenters. The Morgan fingerprint density at radius 3 is 2.12 bits per heavy atom. The molecule has 0 spiro atoms. The Labute approximate surface area is 118 Å². The van der Waals surface area contributed by atoms with Crippen LogP contribution < -0.4 is 5.11 Å². The van der Waals surface area contributed by atoms with Crippen molar-refractivity contribution in [3.8, 4) is 0 Å². The molecule has 4 nitrogen and oxygen atoms in total. The molecule has 0 heterocycles. The first-order valence-electron chi connectivity index (χ1n) is 5.19. The van der Waals surface area contributed by atoms with Gasteiger partial charge in [-0.25, -0.2) is 0 Å². The first-order valence-corrected chi connectivity index (χ1v) is 5.19. The fourth-order valence-corrected chi connectivity index (χ4v) is 1.71. The summed E-state index contributed by atoms with van der Waals surface area (Å²) in [7, 11) is 0. The maximum Gasteiger partial charge on any atom is 1.00 e. The molecular formula is C11H20HgO4. The summed E-state index contributed by atoms with van der Waals surface area (Å²) < 4.78 is 0. The standard InChI is InChI=1S/C9H17O2.C2H4O2.Hg/c1-9(2,11)7-5-3-4-6-8(7)10;1-2(3)4;/h8,10-11H,3-6H2,1-2H3;1H3,(H,3,4);/q;;+1/p-1/t8-;;/m0../s1. The number of aliphatic hydroxyl groups excluding tert-OH is 1. The smallest absolute Gasteiger partial charge is 0.550 e. The fourth-order valence-electron chi connectivity index (χ4n) is 1.71. The first-order chi connectivity index (χ1) is 6.75. The van der Waals surface area contributed by atoms with E-state index in [0.717, 1.165) is 38.5 Å². The monoisotopic (exact) mass is 418 g/mol. The predicted molar refractivity (Wildman–Crippen MR) is 54.7 cm³/mol. The molecule has 1 aliphatic carbocycles.